The summed E-state index contributed by atoms with van der Waals surface area (Å²) in [6.45, 7) is 7.65. The van der Waals surface area contributed by atoms with Crippen molar-refractivity contribution in [1.29, 1.82) is 0 Å². The Morgan fingerprint density at radius 2 is 2.12 bits per heavy atom. The van der Waals surface area contributed by atoms with Gasteiger partial charge in [-0.15, -0.1) is 0 Å². The van der Waals surface area contributed by atoms with Crippen LogP contribution in [-0.2, 0) is 5.54 Å². The third-order valence-electron chi connectivity index (χ3n) is 3.87. The van der Waals surface area contributed by atoms with Gasteiger partial charge in [-0.1, -0.05) is 12.1 Å². The van der Waals surface area contributed by atoms with E-state index in [-0.39, 0.29) is 5.54 Å². The van der Waals surface area contributed by atoms with Crippen LogP contribution in [0.5, 0.6) is 0 Å². The van der Waals surface area contributed by atoms with Gasteiger partial charge >= 0.3 is 0 Å². The zero-order chi connectivity index (χ0) is 11.9. The van der Waals surface area contributed by atoms with Crippen molar-refractivity contribution in [3.63, 3.8) is 0 Å². The summed E-state index contributed by atoms with van der Waals surface area (Å²) in [5.74, 6) is 0. The number of hydrogen-bond donors (Lipinski definition) is 2. The fraction of sp³-hybridized carbons (Fsp3) is 0.538. The molecule has 16 heavy (non-hydrogen) atoms. The van der Waals surface area contributed by atoms with Gasteiger partial charge in [0.15, 0.2) is 0 Å². The summed E-state index contributed by atoms with van der Waals surface area (Å²) in [6, 6.07) is 6.63. The number of para-hydroxylation sites is 1. The van der Waals surface area contributed by atoms with Gasteiger partial charge in [0.25, 0.3) is 0 Å². The van der Waals surface area contributed by atoms with Crippen molar-refractivity contribution in [1.82, 2.24) is 4.90 Å². The van der Waals surface area contributed by atoms with E-state index in [9.17, 15) is 0 Å². The quantitative estimate of drug-likeness (QED) is 0.658. The second-order valence-electron chi connectivity index (χ2n) is 5.17. The van der Waals surface area contributed by atoms with Crippen molar-refractivity contribution in [2.75, 3.05) is 24.6 Å². The van der Waals surface area contributed by atoms with Crippen molar-refractivity contribution in [2.45, 2.75) is 32.4 Å². The number of likely N-dealkylation sites (N-methyl/N-ethyl adjacent to an activating group) is 1. The van der Waals surface area contributed by atoms with E-state index in [2.05, 4.69) is 44.1 Å². The maximum atomic E-state index is 6.04. The molecule has 0 fully saturated rings. The lowest BCUT2D eigenvalue weighted by molar-refractivity contribution is 0.120. The molecule has 88 valence electrons. The molecular formula is C13H21N3. The topological polar surface area (TPSA) is 41.3 Å². The molecule has 1 aromatic rings. The van der Waals surface area contributed by atoms with Crippen LogP contribution in [0.2, 0.25) is 0 Å². The van der Waals surface area contributed by atoms with E-state index in [0.717, 1.165) is 17.9 Å². The van der Waals surface area contributed by atoms with Gasteiger partial charge in [0.05, 0.1) is 11.4 Å². The molecule has 0 saturated carbocycles. The molecule has 1 aliphatic heterocycles. The van der Waals surface area contributed by atoms with E-state index in [1.165, 1.54) is 5.56 Å². The molecule has 1 unspecified atom stereocenters. The highest BCUT2D eigenvalue weighted by Gasteiger charge is 2.34. The van der Waals surface area contributed by atoms with Gasteiger partial charge in [0, 0.05) is 18.1 Å². The molecule has 0 aliphatic carbocycles. The summed E-state index contributed by atoms with van der Waals surface area (Å²) in [6.07, 6.45) is 0. The predicted octanol–water partition coefficient (Wildman–Crippen LogP) is 2.25. The van der Waals surface area contributed by atoms with E-state index < -0.39 is 0 Å². The summed E-state index contributed by atoms with van der Waals surface area (Å²) in [5.41, 5.74) is 9.27. The Morgan fingerprint density at radius 1 is 1.44 bits per heavy atom. The molecule has 1 aromatic carbocycles. The first-order valence-corrected chi connectivity index (χ1v) is 5.80. The number of nitrogen functional groups attached to an aromatic ring is 1. The fourth-order valence-corrected chi connectivity index (χ4v) is 2.40. The molecule has 0 amide bonds. The first-order valence-electron chi connectivity index (χ1n) is 5.80. The Balaban J connectivity index is 2.58. The van der Waals surface area contributed by atoms with Crippen LogP contribution in [0.25, 0.3) is 0 Å². The first-order chi connectivity index (χ1) is 7.44. The molecule has 0 aromatic heterocycles. The average molecular weight is 219 g/mol. The van der Waals surface area contributed by atoms with Gasteiger partial charge in [-0.3, -0.25) is 4.90 Å². The Labute approximate surface area is 97.6 Å². The molecule has 1 aliphatic rings. The van der Waals surface area contributed by atoms with E-state index in [1.807, 2.05) is 12.1 Å². The number of anilines is 2. The lowest BCUT2D eigenvalue weighted by Gasteiger charge is -2.38. The highest BCUT2D eigenvalue weighted by Crippen LogP contribution is 2.38. The second kappa shape index (κ2) is 3.67. The zero-order valence-corrected chi connectivity index (χ0v) is 10.5. The Hall–Kier alpha value is -1.22. The summed E-state index contributed by atoms with van der Waals surface area (Å²) in [7, 11) is 2.17. The van der Waals surface area contributed by atoms with Crippen molar-refractivity contribution in [3.8, 4) is 0 Å². The van der Waals surface area contributed by atoms with Crippen LogP contribution < -0.4 is 11.1 Å². The number of nitrogens with zero attached hydrogens (tertiary/aromatic N) is 1. The van der Waals surface area contributed by atoms with Crippen LogP contribution in [0.4, 0.5) is 11.4 Å². The number of hydrogen-bond acceptors (Lipinski definition) is 3. The fourth-order valence-electron chi connectivity index (χ4n) is 2.40. The maximum absolute atomic E-state index is 6.04. The van der Waals surface area contributed by atoms with Crippen LogP contribution in [0, 0.1) is 0 Å². The summed E-state index contributed by atoms with van der Waals surface area (Å²) in [4.78, 5) is 2.39. The number of nitrogens with two attached hydrogens (primary N) is 1. The molecular weight excluding hydrogens is 198 g/mol. The average Bonchev–Trinajstić information content (AvgIpc) is 2.32. The molecule has 0 radical (unpaired) electrons. The van der Waals surface area contributed by atoms with Crippen molar-refractivity contribution in [3.05, 3.63) is 23.8 Å². The standard InChI is InChI=1S/C13H21N3/c1-9-8-15-12-10(6-5-7-11(12)14)13(2,3)16(9)4/h5-7,9,15H,8,14H2,1-4H3. The van der Waals surface area contributed by atoms with Crippen LogP contribution in [0.15, 0.2) is 18.2 Å². The van der Waals surface area contributed by atoms with Crippen LogP contribution in [0.3, 0.4) is 0 Å². The smallest absolute Gasteiger partial charge is 0.0625 e. The normalized spacial score (nSPS) is 24.4. The van der Waals surface area contributed by atoms with Crippen molar-refractivity contribution >= 4 is 11.4 Å². The minimum atomic E-state index is 0.00757. The summed E-state index contributed by atoms with van der Waals surface area (Å²) >= 11 is 0. The Morgan fingerprint density at radius 3 is 2.81 bits per heavy atom. The second-order valence-corrected chi connectivity index (χ2v) is 5.17. The molecule has 3 heteroatoms. The van der Waals surface area contributed by atoms with E-state index >= 15 is 0 Å². The molecule has 1 heterocycles. The molecule has 0 saturated heterocycles. The van der Waals surface area contributed by atoms with Gasteiger partial charge in [0.2, 0.25) is 0 Å². The molecule has 1 atom stereocenters. The Kier molecular flexibility index (Phi) is 2.58. The van der Waals surface area contributed by atoms with Crippen molar-refractivity contribution in [2.24, 2.45) is 0 Å². The largest absolute Gasteiger partial charge is 0.397 e. The minimum absolute atomic E-state index is 0.00757. The van der Waals surface area contributed by atoms with Crippen molar-refractivity contribution < 1.29 is 0 Å². The number of rotatable bonds is 0. The van der Waals surface area contributed by atoms with Gasteiger partial charge in [-0.2, -0.15) is 0 Å². The number of fused-ring (bicyclic) bond motifs is 1. The lowest BCUT2D eigenvalue weighted by Crippen LogP contribution is -2.44. The number of nitrogens with one attached hydrogen (secondary N) is 1. The Bertz CT molecular complexity index is 398. The van der Waals surface area contributed by atoms with E-state index in [4.69, 9.17) is 5.73 Å². The van der Waals surface area contributed by atoms with Crippen LogP contribution in [-0.4, -0.2) is 24.5 Å². The molecule has 3 N–H and O–H groups in total. The first kappa shape index (κ1) is 11.3. The monoisotopic (exact) mass is 219 g/mol. The third-order valence-corrected chi connectivity index (χ3v) is 3.87. The van der Waals surface area contributed by atoms with Gasteiger partial charge in [-0.25, -0.2) is 0 Å². The molecule has 0 spiro atoms. The SMILES string of the molecule is CC1CNc2c(N)cccc2C(C)(C)N1C. The summed E-state index contributed by atoms with van der Waals surface area (Å²) in [5, 5.41) is 3.46. The molecule has 2 rings (SSSR count). The summed E-state index contributed by atoms with van der Waals surface area (Å²) < 4.78 is 0. The molecule has 3 nitrogen and oxygen atoms in total. The zero-order valence-electron chi connectivity index (χ0n) is 10.5. The lowest BCUT2D eigenvalue weighted by atomic mass is 9.90. The predicted molar refractivity (Wildman–Crippen MR) is 69.6 cm³/mol. The van der Waals surface area contributed by atoms with Crippen LogP contribution in [0.1, 0.15) is 26.3 Å². The third kappa shape index (κ3) is 1.55. The number of benzene rings is 1. The van der Waals surface area contributed by atoms with Gasteiger partial charge < -0.3 is 11.1 Å². The van der Waals surface area contributed by atoms with Gasteiger partial charge in [0.1, 0.15) is 0 Å². The maximum Gasteiger partial charge on any atom is 0.0625 e. The van der Waals surface area contributed by atoms with Crippen LogP contribution >= 0.6 is 0 Å². The van der Waals surface area contributed by atoms with E-state index in [0.29, 0.717) is 6.04 Å². The highest BCUT2D eigenvalue weighted by atomic mass is 15.2. The van der Waals surface area contributed by atoms with Gasteiger partial charge in [-0.05, 0) is 39.4 Å². The highest BCUT2D eigenvalue weighted by molar-refractivity contribution is 5.72. The van der Waals surface area contributed by atoms with E-state index in [1.54, 1.807) is 0 Å². The minimum Gasteiger partial charge on any atom is -0.397 e. The molecule has 0 bridgehead atoms.